The van der Waals surface area contributed by atoms with Crippen LogP contribution in [0.5, 0.6) is 0 Å². The molecule has 0 saturated heterocycles. The summed E-state index contributed by atoms with van der Waals surface area (Å²) in [6.07, 6.45) is 2.76. The Hall–Kier alpha value is -2.40. The molecule has 0 saturated carbocycles. The predicted molar refractivity (Wildman–Crippen MR) is 78.7 cm³/mol. The summed E-state index contributed by atoms with van der Waals surface area (Å²) in [7, 11) is 1.68. The molecule has 2 aromatic rings. The van der Waals surface area contributed by atoms with E-state index in [0.29, 0.717) is 11.4 Å². The second-order valence-corrected chi connectivity index (χ2v) is 4.50. The maximum atomic E-state index is 12.1. The van der Waals surface area contributed by atoms with Gasteiger partial charge in [-0.05, 0) is 36.8 Å². The molecular formula is C15H17N3O2. The van der Waals surface area contributed by atoms with Gasteiger partial charge in [-0.25, -0.2) is 4.79 Å². The van der Waals surface area contributed by atoms with E-state index in [1.54, 1.807) is 56.7 Å². The van der Waals surface area contributed by atoms with Crippen molar-refractivity contribution in [1.82, 2.24) is 4.98 Å². The Labute approximate surface area is 117 Å². The molecule has 5 nitrogen and oxygen atoms in total. The lowest BCUT2D eigenvalue weighted by Crippen LogP contribution is -2.31. The number of urea groups is 1. The molecule has 1 heterocycles. The maximum Gasteiger partial charge on any atom is 0.326 e. The molecule has 1 unspecified atom stereocenters. The second-order valence-electron chi connectivity index (χ2n) is 4.50. The Morgan fingerprint density at radius 2 is 2.00 bits per heavy atom. The number of carbonyl (C=O) groups is 1. The Morgan fingerprint density at radius 1 is 1.30 bits per heavy atom. The van der Waals surface area contributed by atoms with Gasteiger partial charge in [0.1, 0.15) is 0 Å². The molecule has 0 aliphatic rings. The minimum atomic E-state index is -0.516. The normalized spacial score (nSPS) is 11.8. The van der Waals surface area contributed by atoms with Crippen molar-refractivity contribution < 1.29 is 9.90 Å². The van der Waals surface area contributed by atoms with E-state index in [1.807, 2.05) is 6.07 Å². The van der Waals surface area contributed by atoms with Crippen LogP contribution in [0.15, 0.2) is 48.8 Å². The molecule has 0 bridgehead atoms. The third kappa shape index (κ3) is 3.33. The van der Waals surface area contributed by atoms with E-state index in [0.717, 1.165) is 5.56 Å². The van der Waals surface area contributed by atoms with Gasteiger partial charge in [0, 0.05) is 18.9 Å². The van der Waals surface area contributed by atoms with Crippen molar-refractivity contribution in [3.8, 4) is 0 Å². The molecule has 0 aliphatic carbocycles. The first-order valence-electron chi connectivity index (χ1n) is 6.30. The molecule has 20 heavy (non-hydrogen) atoms. The summed E-state index contributed by atoms with van der Waals surface area (Å²) in [5, 5.41) is 12.2. The number of carbonyl (C=O) groups excluding carboxylic acids is 1. The third-order valence-corrected chi connectivity index (χ3v) is 2.98. The van der Waals surface area contributed by atoms with Crippen LogP contribution in [0.3, 0.4) is 0 Å². The number of benzene rings is 1. The Kier molecular flexibility index (Phi) is 4.32. The van der Waals surface area contributed by atoms with E-state index in [2.05, 4.69) is 10.3 Å². The van der Waals surface area contributed by atoms with Crippen LogP contribution in [0.25, 0.3) is 0 Å². The molecule has 2 rings (SSSR count). The van der Waals surface area contributed by atoms with Crippen LogP contribution in [0.2, 0.25) is 0 Å². The molecule has 0 aliphatic heterocycles. The summed E-state index contributed by atoms with van der Waals surface area (Å²) < 4.78 is 0. The number of nitrogens with zero attached hydrogens (tertiary/aromatic N) is 2. The van der Waals surface area contributed by atoms with Crippen LogP contribution in [0, 0.1) is 0 Å². The number of rotatable bonds is 3. The van der Waals surface area contributed by atoms with Crippen LogP contribution in [0.1, 0.15) is 18.6 Å². The zero-order valence-electron chi connectivity index (χ0n) is 11.4. The zero-order valence-corrected chi connectivity index (χ0v) is 11.4. The highest BCUT2D eigenvalue weighted by Gasteiger charge is 2.11. The number of hydrogen-bond donors (Lipinski definition) is 2. The van der Waals surface area contributed by atoms with Gasteiger partial charge in [-0.2, -0.15) is 0 Å². The van der Waals surface area contributed by atoms with Gasteiger partial charge in [-0.15, -0.1) is 0 Å². The van der Waals surface area contributed by atoms with Crippen LogP contribution in [-0.2, 0) is 0 Å². The lowest BCUT2D eigenvalue weighted by atomic mass is 10.1. The first kappa shape index (κ1) is 14.0. The van der Waals surface area contributed by atoms with Gasteiger partial charge >= 0.3 is 6.03 Å². The van der Waals surface area contributed by atoms with Gasteiger partial charge in [-0.1, -0.05) is 12.1 Å². The first-order valence-corrected chi connectivity index (χ1v) is 6.30. The number of nitrogens with one attached hydrogen (secondary N) is 1. The molecule has 1 aromatic carbocycles. The van der Waals surface area contributed by atoms with Gasteiger partial charge in [0.2, 0.25) is 0 Å². The molecular weight excluding hydrogens is 254 g/mol. The highest BCUT2D eigenvalue weighted by atomic mass is 16.3. The van der Waals surface area contributed by atoms with Crippen LogP contribution in [-0.4, -0.2) is 23.2 Å². The van der Waals surface area contributed by atoms with Crippen molar-refractivity contribution in [2.24, 2.45) is 0 Å². The van der Waals surface area contributed by atoms with Crippen molar-refractivity contribution in [3.05, 3.63) is 54.4 Å². The lowest BCUT2D eigenvalue weighted by molar-refractivity contribution is 0.199. The average Bonchev–Trinajstić information content (AvgIpc) is 2.48. The van der Waals surface area contributed by atoms with E-state index in [1.165, 1.54) is 4.90 Å². The molecule has 2 N–H and O–H groups in total. The average molecular weight is 271 g/mol. The molecule has 0 spiro atoms. The number of pyridine rings is 1. The Morgan fingerprint density at radius 3 is 2.55 bits per heavy atom. The highest BCUT2D eigenvalue weighted by Crippen LogP contribution is 2.17. The summed E-state index contributed by atoms with van der Waals surface area (Å²) in [5.74, 6) is 0. The predicted octanol–water partition coefficient (Wildman–Crippen LogP) is 2.80. The van der Waals surface area contributed by atoms with Crippen molar-refractivity contribution in [3.63, 3.8) is 0 Å². The lowest BCUT2D eigenvalue weighted by Gasteiger charge is -2.17. The minimum Gasteiger partial charge on any atom is -0.389 e. The van der Waals surface area contributed by atoms with Gasteiger partial charge in [0.05, 0.1) is 18.0 Å². The molecule has 0 radical (unpaired) electrons. The second kappa shape index (κ2) is 6.16. The quantitative estimate of drug-likeness (QED) is 0.902. The first-order chi connectivity index (χ1) is 9.58. The van der Waals surface area contributed by atoms with Crippen molar-refractivity contribution >= 4 is 17.4 Å². The monoisotopic (exact) mass is 271 g/mol. The summed E-state index contributed by atoms with van der Waals surface area (Å²) >= 11 is 0. The minimum absolute atomic E-state index is 0.247. The van der Waals surface area contributed by atoms with Gasteiger partial charge < -0.3 is 10.4 Å². The molecule has 5 heteroatoms. The third-order valence-electron chi connectivity index (χ3n) is 2.98. The van der Waals surface area contributed by atoms with Crippen molar-refractivity contribution in [2.45, 2.75) is 13.0 Å². The van der Waals surface area contributed by atoms with Crippen LogP contribution < -0.4 is 10.2 Å². The summed E-state index contributed by atoms with van der Waals surface area (Å²) in [6.45, 7) is 1.70. The maximum absolute atomic E-state index is 12.1. The van der Waals surface area contributed by atoms with Crippen LogP contribution in [0.4, 0.5) is 16.2 Å². The fourth-order valence-electron chi connectivity index (χ4n) is 1.72. The van der Waals surface area contributed by atoms with E-state index < -0.39 is 6.10 Å². The van der Waals surface area contributed by atoms with Gasteiger partial charge in [0.15, 0.2) is 0 Å². The summed E-state index contributed by atoms with van der Waals surface area (Å²) in [6, 6.07) is 10.4. The summed E-state index contributed by atoms with van der Waals surface area (Å²) in [4.78, 5) is 17.5. The van der Waals surface area contributed by atoms with E-state index >= 15 is 0 Å². The van der Waals surface area contributed by atoms with E-state index in [4.69, 9.17) is 0 Å². The number of aromatic nitrogens is 1. The largest absolute Gasteiger partial charge is 0.389 e. The molecule has 2 amide bonds. The molecule has 104 valence electrons. The Balaban J connectivity index is 2.04. The number of aliphatic hydroxyl groups is 1. The van der Waals surface area contributed by atoms with Crippen LogP contribution >= 0.6 is 0 Å². The number of amides is 2. The number of hydrogen-bond acceptors (Lipinski definition) is 3. The van der Waals surface area contributed by atoms with Crippen molar-refractivity contribution in [1.29, 1.82) is 0 Å². The van der Waals surface area contributed by atoms with Crippen molar-refractivity contribution in [2.75, 3.05) is 17.3 Å². The standard InChI is InChI=1S/C15H17N3O2/c1-11(19)12-5-7-13(8-6-12)17-15(20)18(2)14-4-3-9-16-10-14/h3-11,19H,1-2H3,(H,17,20). The van der Waals surface area contributed by atoms with E-state index in [-0.39, 0.29) is 6.03 Å². The Bertz CT molecular complexity index is 567. The van der Waals surface area contributed by atoms with Gasteiger partial charge in [-0.3, -0.25) is 9.88 Å². The highest BCUT2D eigenvalue weighted by molar-refractivity contribution is 6.01. The van der Waals surface area contributed by atoms with E-state index in [9.17, 15) is 9.90 Å². The fourth-order valence-corrected chi connectivity index (χ4v) is 1.72. The number of anilines is 2. The smallest absolute Gasteiger partial charge is 0.326 e. The molecule has 1 atom stereocenters. The SMILES string of the molecule is CC(O)c1ccc(NC(=O)N(C)c2cccnc2)cc1. The molecule has 0 fully saturated rings. The molecule has 1 aromatic heterocycles. The zero-order chi connectivity index (χ0) is 14.5. The topological polar surface area (TPSA) is 65.5 Å². The summed E-state index contributed by atoms with van der Waals surface area (Å²) in [5.41, 5.74) is 2.20. The van der Waals surface area contributed by atoms with Gasteiger partial charge in [0.25, 0.3) is 0 Å². The fraction of sp³-hybridized carbons (Fsp3) is 0.200. The number of aliphatic hydroxyl groups excluding tert-OH is 1.